The summed E-state index contributed by atoms with van der Waals surface area (Å²) in [6, 6.07) is 3.97. The number of nitrogens with one attached hydrogen (secondary N) is 1. The maximum atomic E-state index is 5.32. The molecule has 1 aliphatic heterocycles. The summed E-state index contributed by atoms with van der Waals surface area (Å²) < 4.78 is 5.32. The number of aromatic amines is 1. The van der Waals surface area contributed by atoms with E-state index in [0.29, 0.717) is 0 Å². The second-order valence-corrected chi connectivity index (χ2v) is 3.64. The first-order valence-corrected chi connectivity index (χ1v) is 5.11. The minimum atomic E-state index is 0.800. The van der Waals surface area contributed by atoms with Gasteiger partial charge in [0.1, 0.15) is 0 Å². The Labute approximate surface area is 87.9 Å². The molecule has 4 heteroatoms. The van der Waals surface area contributed by atoms with Crippen LogP contribution >= 0.6 is 0 Å². The SMILES string of the molecule is [c]1cc2ncc(N3CCOCC3)cc2[nH]1. The van der Waals surface area contributed by atoms with E-state index in [2.05, 4.69) is 27.1 Å². The first kappa shape index (κ1) is 8.73. The molecule has 2 aromatic heterocycles. The van der Waals surface area contributed by atoms with Gasteiger partial charge in [-0.05, 0) is 12.1 Å². The number of aromatic nitrogens is 2. The highest BCUT2D eigenvalue weighted by Gasteiger charge is 2.11. The van der Waals surface area contributed by atoms with Crippen molar-refractivity contribution in [2.45, 2.75) is 0 Å². The summed E-state index contributed by atoms with van der Waals surface area (Å²) in [6.45, 7) is 3.49. The van der Waals surface area contributed by atoms with Crippen molar-refractivity contribution >= 4 is 16.7 Å². The van der Waals surface area contributed by atoms with Gasteiger partial charge in [0.2, 0.25) is 0 Å². The maximum Gasteiger partial charge on any atom is 0.0887 e. The molecular formula is C11H12N3O. The summed E-state index contributed by atoms with van der Waals surface area (Å²) >= 11 is 0. The number of morpholine rings is 1. The number of ether oxygens (including phenoxy) is 1. The molecule has 1 saturated heterocycles. The third-order valence-electron chi connectivity index (χ3n) is 2.70. The van der Waals surface area contributed by atoms with E-state index in [0.717, 1.165) is 43.0 Å². The molecule has 3 rings (SSSR count). The Bertz CT molecular complexity index is 460. The van der Waals surface area contributed by atoms with Crippen molar-refractivity contribution in [3.63, 3.8) is 0 Å². The van der Waals surface area contributed by atoms with Gasteiger partial charge < -0.3 is 14.6 Å². The van der Waals surface area contributed by atoms with Crippen molar-refractivity contribution in [1.82, 2.24) is 9.97 Å². The molecule has 0 unspecified atom stereocenters. The molecule has 0 saturated carbocycles. The van der Waals surface area contributed by atoms with Gasteiger partial charge in [-0.15, -0.1) is 0 Å². The fraction of sp³-hybridized carbons (Fsp3) is 0.364. The Morgan fingerprint density at radius 2 is 2.27 bits per heavy atom. The molecular weight excluding hydrogens is 190 g/mol. The van der Waals surface area contributed by atoms with Gasteiger partial charge in [0.25, 0.3) is 0 Å². The standard InChI is InChI=1S/C11H12N3O/c1-2-12-11-7-9(8-13-10(1)11)14-3-5-15-6-4-14/h1,7-8,12H,3-6H2. The van der Waals surface area contributed by atoms with Crippen molar-refractivity contribution in [3.8, 4) is 0 Å². The molecule has 4 nitrogen and oxygen atoms in total. The molecule has 0 spiro atoms. The van der Waals surface area contributed by atoms with Crippen LogP contribution in [0.3, 0.4) is 0 Å². The molecule has 1 radical (unpaired) electrons. The third kappa shape index (κ3) is 1.57. The fourth-order valence-electron chi connectivity index (χ4n) is 1.86. The Kier molecular flexibility index (Phi) is 2.07. The number of hydrogen-bond acceptors (Lipinski definition) is 3. The average Bonchev–Trinajstić information content (AvgIpc) is 2.77. The van der Waals surface area contributed by atoms with E-state index in [-0.39, 0.29) is 0 Å². The Hall–Kier alpha value is -1.55. The monoisotopic (exact) mass is 202 g/mol. The first-order valence-electron chi connectivity index (χ1n) is 5.11. The van der Waals surface area contributed by atoms with Gasteiger partial charge in [0, 0.05) is 13.1 Å². The van der Waals surface area contributed by atoms with Crippen molar-refractivity contribution < 1.29 is 4.74 Å². The fourth-order valence-corrected chi connectivity index (χ4v) is 1.86. The normalized spacial score (nSPS) is 17.2. The lowest BCUT2D eigenvalue weighted by atomic mass is 10.3. The number of pyridine rings is 1. The van der Waals surface area contributed by atoms with E-state index in [9.17, 15) is 0 Å². The topological polar surface area (TPSA) is 41.2 Å². The van der Waals surface area contributed by atoms with E-state index < -0.39 is 0 Å². The Balaban J connectivity index is 1.95. The molecule has 2 aromatic rings. The zero-order chi connectivity index (χ0) is 10.1. The Morgan fingerprint density at radius 3 is 3.13 bits per heavy atom. The highest BCUT2D eigenvalue weighted by molar-refractivity contribution is 5.78. The van der Waals surface area contributed by atoms with Gasteiger partial charge in [0.15, 0.2) is 0 Å². The van der Waals surface area contributed by atoms with E-state index in [1.807, 2.05) is 12.3 Å². The van der Waals surface area contributed by atoms with Gasteiger partial charge in [-0.3, -0.25) is 4.98 Å². The van der Waals surface area contributed by atoms with Crippen LogP contribution in [0.25, 0.3) is 11.0 Å². The van der Waals surface area contributed by atoms with E-state index in [1.165, 1.54) is 0 Å². The number of hydrogen-bond donors (Lipinski definition) is 1. The maximum absolute atomic E-state index is 5.32. The van der Waals surface area contributed by atoms with Gasteiger partial charge in [0.05, 0.1) is 42.3 Å². The van der Waals surface area contributed by atoms with Gasteiger partial charge in [-0.1, -0.05) is 0 Å². The average molecular weight is 202 g/mol. The summed E-state index contributed by atoms with van der Waals surface area (Å²) in [5.74, 6) is 0. The zero-order valence-corrected chi connectivity index (χ0v) is 8.36. The minimum absolute atomic E-state index is 0.800. The number of rotatable bonds is 1. The number of fused-ring (bicyclic) bond motifs is 1. The van der Waals surface area contributed by atoms with Crippen LogP contribution in [0.1, 0.15) is 0 Å². The molecule has 0 atom stereocenters. The predicted molar refractivity (Wildman–Crippen MR) is 58.0 cm³/mol. The smallest absolute Gasteiger partial charge is 0.0887 e. The third-order valence-corrected chi connectivity index (χ3v) is 2.70. The first-order chi connectivity index (χ1) is 7.43. The zero-order valence-electron chi connectivity index (χ0n) is 8.36. The molecule has 0 aromatic carbocycles. The van der Waals surface area contributed by atoms with Gasteiger partial charge in [-0.25, -0.2) is 0 Å². The molecule has 0 aliphatic carbocycles. The van der Waals surface area contributed by atoms with Crippen molar-refractivity contribution in [2.75, 3.05) is 31.2 Å². The highest BCUT2D eigenvalue weighted by Crippen LogP contribution is 2.19. The molecule has 3 heterocycles. The summed E-state index contributed by atoms with van der Waals surface area (Å²) in [5.41, 5.74) is 3.16. The lowest BCUT2D eigenvalue weighted by molar-refractivity contribution is 0.122. The van der Waals surface area contributed by atoms with Crippen LogP contribution in [0.5, 0.6) is 0 Å². The summed E-state index contributed by atoms with van der Waals surface area (Å²) in [7, 11) is 0. The van der Waals surface area contributed by atoms with Crippen LogP contribution in [0.2, 0.25) is 0 Å². The van der Waals surface area contributed by atoms with Gasteiger partial charge >= 0.3 is 0 Å². The summed E-state index contributed by atoms with van der Waals surface area (Å²) in [6.07, 6.45) is 4.85. The van der Waals surface area contributed by atoms with E-state index >= 15 is 0 Å². The minimum Gasteiger partial charge on any atom is -0.378 e. The Morgan fingerprint density at radius 1 is 1.40 bits per heavy atom. The summed E-state index contributed by atoms with van der Waals surface area (Å²) in [5, 5.41) is 0. The lowest BCUT2D eigenvalue weighted by Gasteiger charge is -2.28. The van der Waals surface area contributed by atoms with Gasteiger partial charge in [-0.2, -0.15) is 0 Å². The van der Waals surface area contributed by atoms with E-state index in [4.69, 9.17) is 4.74 Å². The van der Waals surface area contributed by atoms with Crippen LogP contribution < -0.4 is 4.90 Å². The molecule has 1 N–H and O–H groups in total. The lowest BCUT2D eigenvalue weighted by Crippen LogP contribution is -2.36. The molecule has 1 aliphatic rings. The van der Waals surface area contributed by atoms with Crippen LogP contribution in [-0.4, -0.2) is 36.3 Å². The molecule has 0 amide bonds. The highest BCUT2D eigenvalue weighted by atomic mass is 16.5. The predicted octanol–water partition coefficient (Wildman–Crippen LogP) is 1.20. The quantitative estimate of drug-likeness (QED) is 0.755. The van der Waals surface area contributed by atoms with Crippen LogP contribution in [0.4, 0.5) is 5.69 Å². The number of nitrogens with zero attached hydrogens (tertiary/aromatic N) is 2. The van der Waals surface area contributed by atoms with Crippen LogP contribution in [-0.2, 0) is 4.74 Å². The van der Waals surface area contributed by atoms with Crippen molar-refractivity contribution in [3.05, 3.63) is 24.5 Å². The molecule has 0 bridgehead atoms. The summed E-state index contributed by atoms with van der Waals surface area (Å²) in [4.78, 5) is 9.71. The second-order valence-electron chi connectivity index (χ2n) is 3.64. The number of H-pyrrole nitrogens is 1. The van der Waals surface area contributed by atoms with E-state index in [1.54, 1.807) is 0 Å². The molecule has 15 heavy (non-hydrogen) atoms. The molecule has 1 fully saturated rings. The van der Waals surface area contributed by atoms with Crippen molar-refractivity contribution in [1.29, 1.82) is 0 Å². The molecule has 77 valence electrons. The number of anilines is 1. The van der Waals surface area contributed by atoms with Crippen molar-refractivity contribution in [2.24, 2.45) is 0 Å². The van der Waals surface area contributed by atoms with Crippen LogP contribution in [0.15, 0.2) is 18.3 Å². The van der Waals surface area contributed by atoms with Crippen LogP contribution in [0, 0.1) is 6.20 Å². The second kappa shape index (κ2) is 3.55. The largest absolute Gasteiger partial charge is 0.378 e.